The fourth-order valence-corrected chi connectivity index (χ4v) is 2.77. The van der Waals surface area contributed by atoms with E-state index < -0.39 is 12.0 Å². The molecule has 1 saturated heterocycles. The summed E-state index contributed by atoms with van der Waals surface area (Å²) < 4.78 is 0. The molecule has 1 aliphatic rings. The van der Waals surface area contributed by atoms with E-state index in [0.29, 0.717) is 13.1 Å². The number of unbranched alkanes of at least 4 members (excludes halogenated alkanes) is 4. The van der Waals surface area contributed by atoms with Crippen molar-refractivity contribution in [2.75, 3.05) is 19.6 Å². The van der Waals surface area contributed by atoms with Crippen LogP contribution in [0.3, 0.4) is 0 Å². The maximum absolute atomic E-state index is 12.5. The number of rotatable bonds is 10. The number of amides is 2. The van der Waals surface area contributed by atoms with Crippen LogP contribution in [0.1, 0.15) is 58.8 Å². The molecule has 0 aromatic carbocycles. The molecule has 1 aliphatic heterocycles. The third-order valence-corrected chi connectivity index (χ3v) is 4.02. The van der Waals surface area contributed by atoms with Crippen LogP contribution in [-0.2, 0) is 14.4 Å². The lowest BCUT2D eigenvalue weighted by atomic mass is 10.1. The monoisotopic (exact) mass is 312 g/mol. The van der Waals surface area contributed by atoms with Crippen molar-refractivity contribution in [1.29, 1.82) is 0 Å². The van der Waals surface area contributed by atoms with E-state index in [9.17, 15) is 14.4 Å². The molecule has 1 unspecified atom stereocenters. The van der Waals surface area contributed by atoms with E-state index in [1.165, 1.54) is 9.80 Å². The van der Waals surface area contributed by atoms with Crippen LogP contribution in [0.25, 0.3) is 0 Å². The van der Waals surface area contributed by atoms with Gasteiger partial charge >= 0.3 is 5.97 Å². The average Bonchev–Trinajstić information content (AvgIpc) is 2.46. The Balaban J connectivity index is 2.75. The maximum atomic E-state index is 12.5. The van der Waals surface area contributed by atoms with Crippen molar-refractivity contribution in [3.63, 3.8) is 0 Å². The number of piperazine rings is 1. The standard InChI is InChI=1S/C16H28N2O4/c1-3-5-7-9-17-12-14(19)18(10-8-6-4-2)13(16(17)22)11-15(20)21/h13H,3-12H2,1-2H3,(H,20,21). The zero-order valence-corrected chi connectivity index (χ0v) is 13.7. The van der Waals surface area contributed by atoms with Crippen molar-refractivity contribution in [3.05, 3.63) is 0 Å². The van der Waals surface area contributed by atoms with Crippen LogP contribution in [-0.4, -0.2) is 58.4 Å². The van der Waals surface area contributed by atoms with Gasteiger partial charge in [0.05, 0.1) is 13.0 Å². The summed E-state index contributed by atoms with van der Waals surface area (Å²) in [7, 11) is 0. The summed E-state index contributed by atoms with van der Waals surface area (Å²) in [6.45, 7) is 5.24. The van der Waals surface area contributed by atoms with Gasteiger partial charge in [-0.15, -0.1) is 0 Å². The van der Waals surface area contributed by atoms with E-state index in [4.69, 9.17) is 5.11 Å². The molecule has 0 aromatic heterocycles. The molecule has 1 heterocycles. The molecule has 1 N–H and O–H groups in total. The zero-order valence-electron chi connectivity index (χ0n) is 13.7. The SMILES string of the molecule is CCCCCN1CC(=O)N(CCCCC)C(CC(=O)O)C1=O. The van der Waals surface area contributed by atoms with Crippen molar-refractivity contribution in [1.82, 2.24) is 9.80 Å². The molecule has 6 heteroatoms. The van der Waals surface area contributed by atoms with Gasteiger partial charge < -0.3 is 14.9 Å². The number of hydrogen-bond acceptors (Lipinski definition) is 3. The van der Waals surface area contributed by atoms with Crippen LogP contribution in [0.4, 0.5) is 0 Å². The Labute approximate surface area is 132 Å². The molecule has 0 bridgehead atoms. The summed E-state index contributed by atoms with van der Waals surface area (Å²) in [5, 5.41) is 9.05. The van der Waals surface area contributed by atoms with Crippen LogP contribution in [0, 0.1) is 0 Å². The minimum Gasteiger partial charge on any atom is -0.481 e. The lowest BCUT2D eigenvalue weighted by molar-refractivity contribution is -0.159. The molecule has 0 radical (unpaired) electrons. The van der Waals surface area contributed by atoms with Gasteiger partial charge in [0.25, 0.3) is 0 Å². The second kappa shape index (κ2) is 9.43. The molecular formula is C16H28N2O4. The first kappa shape index (κ1) is 18.5. The maximum Gasteiger partial charge on any atom is 0.305 e. The smallest absolute Gasteiger partial charge is 0.305 e. The molecule has 6 nitrogen and oxygen atoms in total. The molecule has 1 fully saturated rings. The number of carboxylic acids is 1. The summed E-state index contributed by atoms with van der Waals surface area (Å²) in [5.41, 5.74) is 0. The van der Waals surface area contributed by atoms with Gasteiger partial charge in [-0.25, -0.2) is 0 Å². The van der Waals surface area contributed by atoms with Crippen LogP contribution in [0.15, 0.2) is 0 Å². The molecule has 0 saturated carbocycles. The van der Waals surface area contributed by atoms with E-state index >= 15 is 0 Å². The van der Waals surface area contributed by atoms with Crippen molar-refractivity contribution in [2.45, 2.75) is 64.8 Å². The average molecular weight is 312 g/mol. The Morgan fingerprint density at radius 2 is 1.68 bits per heavy atom. The Hall–Kier alpha value is -1.59. The number of nitrogens with zero attached hydrogens (tertiary/aromatic N) is 2. The van der Waals surface area contributed by atoms with E-state index in [-0.39, 0.29) is 24.8 Å². The molecule has 0 aromatic rings. The highest BCUT2D eigenvalue weighted by Gasteiger charge is 2.39. The third-order valence-electron chi connectivity index (χ3n) is 4.02. The highest BCUT2D eigenvalue weighted by molar-refractivity contribution is 5.96. The van der Waals surface area contributed by atoms with Crippen LogP contribution >= 0.6 is 0 Å². The van der Waals surface area contributed by atoms with Gasteiger partial charge in [0.1, 0.15) is 6.04 Å². The van der Waals surface area contributed by atoms with Gasteiger partial charge in [-0.2, -0.15) is 0 Å². The van der Waals surface area contributed by atoms with Crippen LogP contribution in [0.2, 0.25) is 0 Å². The first-order valence-corrected chi connectivity index (χ1v) is 8.31. The number of aliphatic carboxylic acids is 1. The second-order valence-corrected chi connectivity index (χ2v) is 5.87. The van der Waals surface area contributed by atoms with E-state index in [2.05, 4.69) is 13.8 Å². The van der Waals surface area contributed by atoms with Gasteiger partial charge in [-0.05, 0) is 12.8 Å². The number of carboxylic acid groups (broad SMARTS) is 1. The van der Waals surface area contributed by atoms with E-state index in [1.54, 1.807) is 0 Å². The Morgan fingerprint density at radius 3 is 2.23 bits per heavy atom. The zero-order chi connectivity index (χ0) is 16.5. The highest BCUT2D eigenvalue weighted by Crippen LogP contribution is 2.18. The molecule has 2 amide bonds. The minimum atomic E-state index is -1.04. The van der Waals surface area contributed by atoms with Gasteiger partial charge in [0, 0.05) is 13.1 Å². The Bertz CT molecular complexity index is 398. The van der Waals surface area contributed by atoms with Gasteiger partial charge in [-0.3, -0.25) is 14.4 Å². The minimum absolute atomic E-state index is 0.0881. The van der Waals surface area contributed by atoms with Gasteiger partial charge in [0.15, 0.2) is 0 Å². The fourth-order valence-electron chi connectivity index (χ4n) is 2.77. The number of carbonyl (C=O) groups excluding carboxylic acids is 2. The first-order valence-electron chi connectivity index (χ1n) is 8.31. The molecule has 1 rings (SSSR count). The van der Waals surface area contributed by atoms with E-state index in [0.717, 1.165) is 38.5 Å². The van der Waals surface area contributed by atoms with Crippen LogP contribution in [0.5, 0.6) is 0 Å². The fraction of sp³-hybridized carbons (Fsp3) is 0.812. The Morgan fingerprint density at radius 1 is 1.09 bits per heavy atom. The van der Waals surface area contributed by atoms with Crippen molar-refractivity contribution >= 4 is 17.8 Å². The van der Waals surface area contributed by atoms with Crippen LogP contribution < -0.4 is 0 Å². The first-order chi connectivity index (χ1) is 10.5. The highest BCUT2D eigenvalue weighted by atomic mass is 16.4. The molecular weight excluding hydrogens is 284 g/mol. The van der Waals surface area contributed by atoms with Crippen molar-refractivity contribution < 1.29 is 19.5 Å². The molecule has 126 valence electrons. The molecule has 0 spiro atoms. The predicted molar refractivity (Wildman–Crippen MR) is 83.4 cm³/mol. The lowest BCUT2D eigenvalue weighted by Crippen LogP contribution is -2.60. The largest absolute Gasteiger partial charge is 0.481 e. The topological polar surface area (TPSA) is 77.9 Å². The second-order valence-electron chi connectivity index (χ2n) is 5.87. The van der Waals surface area contributed by atoms with E-state index in [1.807, 2.05) is 0 Å². The number of hydrogen-bond donors (Lipinski definition) is 1. The third kappa shape index (κ3) is 5.31. The summed E-state index contributed by atoms with van der Waals surface area (Å²) in [6, 6.07) is -0.836. The molecule has 1 atom stereocenters. The quantitative estimate of drug-likeness (QED) is 0.625. The summed E-state index contributed by atoms with van der Waals surface area (Å²) in [4.78, 5) is 38.9. The predicted octanol–water partition coefficient (Wildman–Crippen LogP) is 1.88. The summed E-state index contributed by atoms with van der Waals surface area (Å²) >= 11 is 0. The lowest BCUT2D eigenvalue weighted by Gasteiger charge is -2.40. The normalized spacial score (nSPS) is 18.9. The summed E-state index contributed by atoms with van der Waals surface area (Å²) in [5.74, 6) is -1.38. The molecule has 0 aliphatic carbocycles. The Kier molecular flexibility index (Phi) is 7.91. The number of carbonyl (C=O) groups is 3. The molecule has 22 heavy (non-hydrogen) atoms. The summed E-state index contributed by atoms with van der Waals surface area (Å²) in [6.07, 6.45) is 5.38. The van der Waals surface area contributed by atoms with Crippen molar-refractivity contribution in [3.8, 4) is 0 Å². The van der Waals surface area contributed by atoms with Gasteiger partial charge in [-0.1, -0.05) is 39.5 Å². The van der Waals surface area contributed by atoms with Gasteiger partial charge in [0.2, 0.25) is 11.8 Å². The van der Waals surface area contributed by atoms with Crippen molar-refractivity contribution in [2.24, 2.45) is 0 Å².